The Morgan fingerprint density at radius 3 is 2.39 bits per heavy atom. The van der Waals surface area contributed by atoms with Gasteiger partial charge in [-0.1, -0.05) is 39.6 Å². The van der Waals surface area contributed by atoms with E-state index in [1.807, 2.05) is 33.7 Å². The molecule has 0 atom stereocenters. The molecule has 3 heteroatoms. The Morgan fingerprint density at radius 1 is 1.17 bits per heavy atom. The van der Waals surface area contributed by atoms with Gasteiger partial charge in [-0.2, -0.15) is 0 Å². The Morgan fingerprint density at radius 2 is 1.83 bits per heavy atom. The van der Waals surface area contributed by atoms with Crippen molar-refractivity contribution >= 4 is 21.6 Å². The second-order valence-electron chi connectivity index (χ2n) is 4.89. The first-order valence-electron chi connectivity index (χ1n) is 5.95. The van der Waals surface area contributed by atoms with Crippen molar-refractivity contribution in [2.24, 2.45) is 0 Å². The maximum Gasteiger partial charge on any atom is 0.0598 e. The maximum absolute atomic E-state index is 5.66. The molecule has 0 aliphatic heterocycles. The van der Waals surface area contributed by atoms with Gasteiger partial charge in [-0.25, -0.2) is 0 Å². The van der Waals surface area contributed by atoms with Crippen LogP contribution in [-0.2, 0) is 10.5 Å². The fourth-order valence-electron chi connectivity index (χ4n) is 1.25. The molecule has 0 saturated heterocycles. The van der Waals surface area contributed by atoms with Gasteiger partial charge in [-0.3, -0.25) is 0 Å². The highest BCUT2D eigenvalue weighted by molar-refractivity contribution is 8.76. The summed E-state index contributed by atoms with van der Waals surface area (Å²) in [5, 5.41) is 0. The minimum absolute atomic E-state index is 0.0315. The van der Waals surface area contributed by atoms with E-state index in [1.165, 1.54) is 5.56 Å². The van der Waals surface area contributed by atoms with E-state index in [4.69, 9.17) is 11.2 Å². The fraction of sp³-hybridized carbons (Fsp3) is 0.467. The molecule has 0 aliphatic carbocycles. The molecule has 1 rings (SSSR count). The first-order chi connectivity index (χ1) is 8.51. The van der Waals surface area contributed by atoms with Gasteiger partial charge in [0.2, 0.25) is 0 Å². The maximum atomic E-state index is 5.66. The van der Waals surface area contributed by atoms with E-state index < -0.39 is 0 Å². The van der Waals surface area contributed by atoms with Crippen LogP contribution in [0.25, 0.3) is 0 Å². The van der Waals surface area contributed by atoms with Crippen molar-refractivity contribution in [2.75, 3.05) is 12.4 Å². The van der Waals surface area contributed by atoms with Crippen LogP contribution >= 0.6 is 21.6 Å². The largest absolute Gasteiger partial charge is 0.375 e. The van der Waals surface area contributed by atoms with Crippen LogP contribution in [0.5, 0.6) is 0 Å². The smallest absolute Gasteiger partial charge is 0.0598 e. The minimum atomic E-state index is -0.0315. The molecular weight excluding hydrogens is 260 g/mol. The molecule has 0 amide bonds. The highest BCUT2D eigenvalue weighted by Gasteiger charge is 2.08. The Bertz CT molecular complexity index is 384. The van der Waals surface area contributed by atoms with Crippen LogP contribution in [-0.4, -0.2) is 18.0 Å². The Labute approximate surface area is 118 Å². The van der Waals surface area contributed by atoms with E-state index in [9.17, 15) is 0 Å². The molecule has 0 spiro atoms. The molecule has 98 valence electrons. The first kappa shape index (κ1) is 15.5. The van der Waals surface area contributed by atoms with Crippen molar-refractivity contribution in [1.82, 2.24) is 0 Å². The minimum Gasteiger partial charge on any atom is -0.375 e. The molecule has 0 N–H and O–H groups in total. The lowest BCUT2D eigenvalue weighted by molar-refractivity contribution is 0.00703. The van der Waals surface area contributed by atoms with E-state index in [1.54, 1.807) is 0 Å². The van der Waals surface area contributed by atoms with E-state index in [0.29, 0.717) is 0 Å². The molecule has 0 bridgehead atoms. The topological polar surface area (TPSA) is 9.23 Å². The number of hydrogen-bond acceptors (Lipinski definition) is 3. The number of terminal acetylenes is 1. The van der Waals surface area contributed by atoms with Crippen LogP contribution in [0.3, 0.4) is 0 Å². The summed E-state index contributed by atoms with van der Waals surface area (Å²) in [6, 6.07) is 8.16. The van der Waals surface area contributed by atoms with Gasteiger partial charge < -0.3 is 4.74 Å². The zero-order valence-electron chi connectivity index (χ0n) is 11.2. The van der Waals surface area contributed by atoms with Crippen LogP contribution < -0.4 is 0 Å². The van der Waals surface area contributed by atoms with Crippen LogP contribution in [0.2, 0.25) is 0 Å². The monoisotopic (exact) mass is 280 g/mol. The third kappa shape index (κ3) is 7.00. The van der Waals surface area contributed by atoms with Crippen molar-refractivity contribution < 1.29 is 4.74 Å². The van der Waals surface area contributed by atoms with Crippen molar-refractivity contribution in [2.45, 2.75) is 32.1 Å². The zero-order valence-corrected chi connectivity index (χ0v) is 12.9. The lowest BCUT2D eigenvalue weighted by Gasteiger charge is -2.18. The summed E-state index contributed by atoms with van der Waals surface area (Å²) in [4.78, 5) is 0. The van der Waals surface area contributed by atoms with Crippen LogP contribution in [0.15, 0.2) is 24.3 Å². The van der Waals surface area contributed by atoms with Gasteiger partial charge >= 0.3 is 0 Å². The summed E-state index contributed by atoms with van der Waals surface area (Å²) >= 11 is 0. The predicted molar refractivity (Wildman–Crippen MR) is 83.8 cm³/mol. The number of hydrogen-bond donors (Lipinski definition) is 0. The SMILES string of the molecule is C#Cc1ccc(CSSCCOC(C)(C)C)cc1. The molecule has 18 heavy (non-hydrogen) atoms. The number of ether oxygens (including phenoxy) is 1. The molecule has 0 fully saturated rings. The van der Waals surface area contributed by atoms with Crippen molar-refractivity contribution in [1.29, 1.82) is 0 Å². The highest BCUT2D eigenvalue weighted by Crippen LogP contribution is 2.26. The van der Waals surface area contributed by atoms with E-state index in [2.05, 4.69) is 38.8 Å². The summed E-state index contributed by atoms with van der Waals surface area (Å²) in [7, 11) is 3.71. The van der Waals surface area contributed by atoms with Gasteiger partial charge in [0.05, 0.1) is 12.2 Å². The normalized spacial score (nSPS) is 11.2. The third-order valence-corrected chi connectivity index (χ3v) is 4.44. The second-order valence-corrected chi connectivity index (χ2v) is 7.47. The summed E-state index contributed by atoms with van der Waals surface area (Å²) in [5.41, 5.74) is 2.22. The molecular formula is C15H20OS2. The van der Waals surface area contributed by atoms with Gasteiger partial charge in [0.1, 0.15) is 0 Å². The van der Waals surface area contributed by atoms with Gasteiger partial charge in [0.15, 0.2) is 0 Å². The van der Waals surface area contributed by atoms with Crippen molar-refractivity contribution in [3.8, 4) is 12.3 Å². The standard InChI is InChI=1S/C15H20OS2/c1-5-13-6-8-14(9-7-13)12-18-17-11-10-16-15(2,3)4/h1,6-9H,10-12H2,2-4H3. The molecule has 0 aliphatic rings. The molecule has 1 aromatic carbocycles. The first-order valence-corrected chi connectivity index (χ1v) is 8.44. The Hall–Kier alpha value is -0.560. The predicted octanol–water partition coefficient (Wildman–Crippen LogP) is 4.36. The molecule has 0 heterocycles. The molecule has 0 aromatic heterocycles. The molecule has 1 nitrogen and oxygen atoms in total. The lowest BCUT2D eigenvalue weighted by atomic mass is 10.2. The van der Waals surface area contributed by atoms with Crippen LogP contribution in [0.4, 0.5) is 0 Å². The van der Waals surface area contributed by atoms with E-state index >= 15 is 0 Å². The average Bonchev–Trinajstić information content (AvgIpc) is 2.33. The zero-order chi connectivity index (χ0) is 13.4. The Kier molecular flexibility index (Phi) is 6.70. The summed E-state index contributed by atoms with van der Waals surface area (Å²) in [5.74, 6) is 4.65. The molecule has 1 aromatic rings. The molecule has 0 saturated carbocycles. The Balaban J connectivity index is 2.12. The summed E-state index contributed by atoms with van der Waals surface area (Å²) in [6.45, 7) is 7.05. The van der Waals surface area contributed by atoms with Gasteiger partial charge in [-0.15, -0.1) is 6.42 Å². The van der Waals surface area contributed by atoms with Gasteiger partial charge in [-0.05, 0) is 38.5 Å². The van der Waals surface area contributed by atoms with E-state index in [0.717, 1.165) is 23.7 Å². The third-order valence-electron chi connectivity index (χ3n) is 2.13. The lowest BCUT2D eigenvalue weighted by Crippen LogP contribution is -2.20. The van der Waals surface area contributed by atoms with Gasteiger partial charge in [0, 0.05) is 17.1 Å². The highest BCUT2D eigenvalue weighted by atomic mass is 33.1. The summed E-state index contributed by atoms with van der Waals surface area (Å²) in [6.07, 6.45) is 5.32. The fourth-order valence-corrected chi connectivity index (χ4v) is 3.14. The second kappa shape index (κ2) is 7.78. The van der Waals surface area contributed by atoms with Gasteiger partial charge in [0.25, 0.3) is 0 Å². The number of rotatable bonds is 6. The van der Waals surface area contributed by atoms with Crippen molar-refractivity contribution in [3.05, 3.63) is 35.4 Å². The number of benzene rings is 1. The molecule has 0 radical (unpaired) electrons. The average molecular weight is 280 g/mol. The molecule has 0 unspecified atom stereocenters. The van der Waals surface area contributed by atoms with Crippen LogP contribution in [0, 0.1) is 12.3 Å². The summed E-state index contributed by atoms with van der Waals surface area (Å²) < 4.78 is 5.66. The van der Waals surface area contributed by atoms with Crippen LogP contribution in [0.1, 0.15) is 31.9 Å². The quantitative estimate of drug-likeness (QED) is 0.435. The van der Waals surface area contributed by atoms with Crippen molar-refractivity contribution in [3.63, 3.8) is 0 Å². The van der Waals surface area contributed by atoms with E-state index in [-0.39, 0.29) is 5.60 Å².